The van der Waals surface area contributed by atoms with E-state index in [2.05, 4.69) is 38.3 Å². The van der Waals surface area contributed by atoms with Crippen LogP contribution in [0.2, 0.25) is 0 Å². The summed E-state index contributed by atoms with van der Waals surface area (Å²) in [6, 6.07) is 18.3. The molecule has 0 radical (unpaired) electrons. The molecule has 1 saturated heterocycles. The van der Waals surface area contributed by atoms with Gasteiger partial charge in [-0.3, -0.25) is 0 Å². The van der Waals surface area contributed by atoms with Gasteiger partial charge in [0, 0.05) is 36.3 Å². The van der Waals surface area contributed by atoms with Gasteiger partial charge in [0.1, 0.15) is 0 Å². The third-order valence-corrected chi connectivity index (χ3v) is 5.12. The standard InChI is InChI=1S/C19H22BrN3O/c1-15(17-9-5-6-10-18(17)20)21-19(24)23-13-11-22(12-14-23)16-7-3-2-4-8-16/h2-10,15H,11-14H2,1H3,(H,21,24). The smallest absolute Gasteiger partial charge is 0.317 e. The Kier molecular flexibility index (Phi) is 5.41. The maximum Gasteiger partial charge on any atom is 0.317 e. The molecule has 0 saturated carbocycles. The van der Waals surface area contributed by atoms with Crippen molar-refractivity contribution in [3.05, 3.63) is 64.6 Å². The molecule has 2 aromatic rings. The number of hydrogen-bond donors (Lipinski definition) is 1. The summed E-state index contributed by atoms with van der Waals surface area (Å²) in [7, 11) is 0. The number of amides is 2. The Balaban J connectivity index is 1.55. The Morgan fingerprint density at radius 1 is 1.00 bits per heavy atom. The first-order chi connectivity index (χ1) is 11.6. The number of halogens is 1. The quantitative estimate of drug-likeness (QED) is 0.862. The molecule has 5 heteroatoms. The molecule has 0 aromatic heterocycles. The van der Waals surface area contributed by atoms with E-state index in [9.17, 15) is 4.79 Å². The number of anilines is 1. The molecule has 1 atom stereocenters. The average molecular weight is 388 g/mol. The highest BCUT2D eigenvalue weighted by molar-refractivity contribution is 9.10. The number of hydrogen-bond acceptors (Lipinski definition) is 2. The number of benzene rings is 2. The van der Waals surface area contributed by atoms with Crippen LogP contribution in [0.3, 0.4) is 0 Å². The lowest BCUT2D eigenvalue weighted by Gasteiger charge is -2.36. The Morgan fingerprint density at radius 3 is 2.29 bits per heavy atom. The Morgan fingerprint density at radius 2 is 1.62 bits per heavy atom. The molecule has 0 spiro atoms. The average Bonchev–Trinajstić information content (AvgIpc) is 2.63. The summed E-state index contributed by atoms with van der Waals surface area (Å²) in [5, 5.41) is 3.10. The van der Waals surface area contributed by atoms with Crippen molar-refractivity contribution in [2.45, 2.75) is 13.0 Å². The van der Waals surface area contributed by atoms with E-state index >= 15 is 0 Å². The molecule has 1 heterocycles. The van der Waals surface area contributed by atoms with Crippen LogP contribution >= 0.6 is 15.9 Å². The van der Waals surface area contributed by atoms with Gasteiger partial charge in [-0.2, -0.15) is 0 Å². The minimum absolute atomic E-state index is 0.00552. The van der Waals surface area contributed by atoms with Crippen molar-refractivity contribution >= 4 is 27.6 Å². The fourth-order valence-electron chi connectivity index (χ4n) is 2.99. The number of piperazine rings is 1. The molecule has 4 nitrogen and oxygen atoms in total. The lowest BCUT2D eigenvalue weighted by molar-refractivity contribution is 0.191. The molecular formula is C19H22BrN3O. The van der Waals surface area contributed by atoms with Crippen LogP contribution in [0.25, 0.3) is 0 Å². The largest absolute Gasteiger partial charge is 0.368 e. The molecule has 126 valence electrons. The van der Waals surface area contributed by atoms with Gasteiger partial charge < -0.3 is 15.1 Å². The van der Waals surface area contributed by atoms with Crippen LogP contribution in [0.5, 0.6) is 0 Å². The molecule has 0 bridgehead atoms. The molecule has 1 N–H and O–H groups in total. The summed E-state index contributed by atoms with van der Waals surface area (Å²) in [5.41, 5.74) is 2.31. The zero-order chi connectivity index (χ0) is 16.9. The minimum atomic E-state index is -0.0276. The van der Waals surface area contributed by atoms with Gasteiger partial charge in [-0.25, -0.2) is 4.79 Å². The predicted octanol–water partition coefficient (Wildman–Crippen LogP) is 4.04. The summed E-state index contributed by atoms with van der Waals surface area (Å²) in [6.07, 6.45) is 0. The highest BCUT2D eigenvalue weighted by atomic mass is 79.9. The second-order valence-electron chi connectivity index (χ2n) is 6.00. The van der Waals surface area contributed by atoms with Gasteiger partial charge in [0.05, 0.1) is 6.04 Å². The van der Waals surface area contributed by atoms with E-state index in [1.54, 1.807) is 0 Å². The molecule has 1 fully saturated rings. The first kappa shape index (κ1) is 16.8. The van der Waals surface area contributed by atoms with Gasteiger partial charge >= 0.3 is 6.03 Å². The van der Waals surface area contributed by atoms with Crippen LogP contribution < -0.4 is 10.2 Å². The van der Waals surface area contributed by atoms with Crippen molar-refractivity contribution in [1.82, 2.24) is 10.2 Å². The van der Waals surface area contributed by atoms with Gasteiger partial charge in [0.15, 0.2) is 0 Å². The number of carbonyl (C=O) groups is 1. The molecule has 24 heavy (non-hydrogen) atoms. The SMILES string of the molecule is CC(NC(=O)N1CCN(c2ccccc2)CC1)c1ccccc1Br. The van der Waals surface area contributed by atoms with Gasteiger partial charge in [-0.1, -0.05) is 52.3 Å². The zero-order valence-electron chi connectivity index (χ0n) is 13.8. The van der Waals surface area contributed by atoms with Gasteiger partial charge in [0.2, 0.25) is 0 Å². The molecule has 3 rings (SSSR count). The number of nitrogens with zero attached hydrogens (tertiary/aromatic N) is 2. The first-order valence-corrected chi connectivity index (χ1v) is 9.04. The van der Waals surface area contributed by atoms with Crippen LogP contribution in [0.1, 0.15) is 18.5 Å². The van der Waals surface area contributed by atoms with E-state index in [0.717, 1.165) is 36.2 Å². The molecule has 1 aliphatic rings. The van der Waals surface area contributed by atoms with Gasteiger partial charge in [-0.05, 0) is 30.7 Å². The molecule has 1 unspecified atom stereocenters. The Labute approximate surface area is 151 Å². The predicted molar refractivity (Wildman–Crippen MR) is 101 cm³/mol. The van der Waals surface area contributed by atoms with Crippen molar-refractivity contribution in [3.63, 3.8) is 0 Å². The van der Waals surface area contributed by atoms with Gasteiger partial charge in [0.25, 0.3) is 0 Å². The monoisotopic (exact) mass is 387 g/mol. The van der Waals surface area contributed by atoms with Crippen molar-refractivity contribution in [3.8, 4) is 0 Å². The van der Waals surface area contributed by atoms with Crippen molar-refractivity contribution < 1.29 is 4.79 Å². The minimum Gasteiger partial charge on any atom is -0.368 e. The van der Waals surface area contributed by atoms with Crippen LogP contribution in [0.15, 0.2) is 59.1 Å². The molecule has 2 amide bonds. The molecular weight excluding hydrogens is 366 g/mol. The lowest BCUT2D eigenvalue weighted by Crippen LogP contribution is -2.52. The van der Waals surface area contributed by atoms with E-state index in [0.29, 0.717) is 0 Å². The Bertz CT molecular complexity index is 684. The summed E-state index contributed by atoms with van der Waals surface area (Å²) in [6.45, 7) is 5.21. The summed E-state index contributed by atoms with van der Waals surface area (Å²) in [5.74, 6) is 0. The van der Waals surface area contributed by atoms with Crippen LogP contribution in [0.4, 0.5) is 10.5 Å². The number of rotatable bonds is 3. The number of para-hydroxylation sites is 1. The van der Waals surface area contributed by atoms with E-state index in [-0.39, 0.29) is 12.1 Å². The third-order valence-electron chi connectivity index (χ3n) is 4.40. The number of urea groups is 1. The van der Waals surface area contributed by atoms with Crippen molar-refractivity contribution in [2.75, 3.05) is 31.1 Å². The maximum atomic E-state index is 12.5. The topological polar surface area (TPSA) is 35.6 Å². The summed E-state index contributed by atoms with van der Waals surface area (Å²) in [4.78, 5) is 16.7. The summed E-state index contributed by atoms with van der Waals surface area (Å²) >= 11 is 3.54. The van der Waals surface area contributed by atoms with E-state index in [1.807, 2.05) is 54.3 Å². The van der Waals surface area contributed by atoms with Crippen LogP contribution in [-0.2, 0) is 0 Å². The first-order valence-electron chi connectivity index (χ1n) is 8.25. The molecule has 0 aliphatic carbocycles. The second-order valence-corrected chi connectivity index (χ2v) is 6.86. The van der Waals surface area contributed by atoms with E-state index < -0.39 is 0 Å². The normalized spacial score (nSPS) is 15.9. The number of nitrogens with one attached hydrogen (secondary N) is 1. The van der Waals surface area contributed by atoms with E-state index in [1.165, 1.54) is 5.69 Å². The summed E-state index contributed by atoms with van der Waals surface area (Å²) < 4.78 is 1.02. The molecule has 1 aliphatic heterocycles. The second kappa shape index (κ2) is 7.71. The number of carbonyl (C=O) groups excluding carboxylic acids is 1. The van der Waals surface area contributed by atoms with Gasteiger partial charge in [-0.15, -0.1) is 0 Å². The van der Waals surface area contributed by atoms with E-state index in [4.69, 9.17) is 0 Å². The van der Waals surface area contributed by atoms with Crippen LogP contribution in [0, 0.1) is 0 Å². The molecule has 2 aromatic carbocycles. The lowest BCUT2D eigenvalue weighted by atomic mass is 10.1. The Hall–Kier alpha value is -2.01. The fourth-order valence-corrected chi connectivity index (χ4v) is 3.62. The third kappa shape index (κ3) is 3.90. The van der Waals surface area contributed by atoms with Crippen LogP contribution in [-0.4, -0.2) is 37.1 Å². The maximum absolute atomic E-state index is 12.5. The van der Waals surface area contributed by atoms with Crippen molar-refractivity contribution in [1.29, 1.82) is 0 Å². The zero-order valence-corrected chi connectivity index (χ0v) is 15.4. The fraction of sp³-hybridized carbons (Fsp3) is 0.316. The highest BCUT2D eigenvalue weighted by Crippen LogP contribution is 2.23. The van der Waals surface area contributed by atoms with Crippen molar-refractivity contribution in [2.24, 2.45) is 0 Å². The highest BCUT2D eigenvalue weighted by Gasteiger charge is 2.22.